The van der Waals surface area contributed by atoms with Gasteiger partial charge in [0.05, 0.1) is 13.2 Å². The number of benzene rings is 2. The van der Waals surface area contributed by atoms with Crippen molar-refractivity contribution in [3.63, 3.8) is 0 Å². The van der Waals surface area contributed by atoms with Gasteiger partial charge in [-0.2, -0.15) is 0 Å². The van der Waals surface area contributed by atoms with Crippen LogP contribution in [0.15, 0.2) is 48.5 Å². The molecule has 174 valence electrons. The molecule has 0 bridgehead atoms. The molecule has 2 amide bonds. The van der Waals surface area contributed by atoms with Crippen LogP contribution in [0.25, 0.3) is 0 Å². The Balaban J connectivity index is 1.24. The SMILES string of the molecule is O=C(c1ccc(F)cc1)N1CC[C@@H]2[C@@H](CCCN2C(=O)c2ccc(N3CCOCC3)cc2)C1. The van der Waals surface area contributed by atoms with Crippen LogP contribution in [0.5, 0.6) is 0 Å². The highest BCUT2D eigenvalue weighted by molar-refractivity contribution is 5.95. The number of carbonyl (C=O) groups excluding carboxylic acids is 2. The molecule has 3 saturated heterocycles. The molecule has 0 aromatic heterocycles. The number of likely N-dealkylation sites (tertiary alicyclic amines) is 2. The molecule has 0 unspecified atom stereocenters. The maximum absolute atomic E-state index is 13.4. The summed E-state index contributed by atoms with van der Waals surface area (Å²) in [5.74, 6) is -0.0507. The lowest BCUT2D eigenvalue weighted by Crippen LogP contribution is -2.56. The number of carbonyl (C=O) groups is 2. The first-order chi connectivity index (χ1) is 16.1. The monoisotopic (exact) mass is 451 g/mol. The van der Waals surface area contributed by atoms with Crippen LogP contribution in [0.1, 0.15) is 40.0 Å². The highest BCUT2D eigenvalue weighted by Crippen LogP contribution is 2.32. The van der Waals surface area contributed by atoms with Crippen molar-refractivity contribution in [2.45, 2.75) is 25.3 Å². The Kier molecular flexibility index (Phi) is 6.31. The zero-order chi connectivity index (χ0) is 22.8. The first-order valence-corrected chi connectivity index (χ1v) is 11.9. The second kappa shape index (κ2) is 9.51. The van der Waals surface area contributed by atoms with Crippen LogP contribution in [0, 0.1) is 11.7 Å². The summed E-state index contributed by atoms with van der Waals surface area (Å²) in [5.41, 5.74) is 2.36. The lowest BCUT2D eigenvalue weighted by molar-refractivity contribution is 0.0197. The Morgan fingerprint density at radius 3 is 2.21 bits per heavy atom. The van der Waals surface area contributed by atoms with Crippen molar-refractivity contribution in [2.24, 2.45) is 5.92 Å². The summed E-state index contributed by atoms with van der Waals surface area (Å²) in [6.45, 7) is 5.22. The van der Waals surface area contributed by atoms with E-state index in [1.54, 1.807) is 12.1 Å². The summed E-state index contributed by atoms with van der Waals surface area (Å²) in [5, 5.41) is 0. The van der Waals surface area contributed by atoms with Gasteiger partial charge in [-0.25, -0.2) is 4.39 Å². The quantitative estimate of drug-likeness (QED) is 0.718. The van der Waals surface area contributed by atoms with Crippen LogP contribution in [-0.2, 0) is 4.74 Å². The molecule has 2 atom stereocenters. The third-order valence-corrected chi connectivity index (χ3v) is 7.20. The Labute approximate surface area is 193 Å². The number of hydrogen-bond donors (Lipinski definition) is 0. The van der Waals surface area contributed by atoms with E-state index in [0.29, 0.717) is 18.7 Å². The number of piperidine rings is 2. The fraction of sp³-hybridized carbons (Fsp3) is 0.462. The summed E-state index contributed by atoms with van der Waals surface area (Å²) < 4.78 is 18.6. The molecule has 0 radical (unpaired) electrons. The van der Waals surface area contributed by atoms with Crippen LogP contribution >= 0.6 is 0 Å². The first kappa shape index (κ1) is 21.9. The first-order valence-electron chi connectivity index (χ1n) is 11.9. The number of fused-ring (bicyclic) bond motifs is 1. The number of morpholine rings is 1. The van der Waals surface area contributed by atoms with E-state index in [9.17, 15) is 14.0 Å². The highest BCUT2D eigenvalue weighted by atomic mass is 19.1. The van der Waals surface area contributed by atoms with E-state index >= 15 is 0 Å². The number of anilines is 1. The van der Waals surface area contributed by atoms with Crippen molar-refractivity contribution in [1.82, 2.24) is 9.80 Å². The number of rotatable bonds is 3. The molecule has 0 aliphatic carbocycles. The van der Waals surface area contributed by atoms with Crippen LogP contribution in [0.3, 0.4) is 0 Å². The van der Waals surface area contributed by atoms with Crippen LogP contribution in [-0.4, -0.2) is 73.6 Å². The number of amides is 2. The fourth-order valence-electron chi connectivity index (χ4n) is 5.42. The number of halogens is 1. The topological polar surface area (TPSA) is 53.1 Å². The van der Waals surface area contributed by atoms with Crippen LogP contribution in [0.2, 0.25) is 0 Å². The second-order valence-corrected chi connectivity index (χ2v) is 9.16. The number of hydrogen-bond acceptors (Lipinski definition) is 4. The van der Waals surface area contributed by atoms with Crippen molar-refractivity contribution in [1.29, 1.82) is 0 Å². The molecular formula is C26H30FN3O3. The largest absolute Gasteiger partial charge is 0.378 e. The van der Waals surface area contributed by atoms with Crippen molar-refractivity contribution < 1.29 is 18.7 Å². The summed E-state index contributed by atoms with van der Waals surface area (Å²) >= 11 is 0. The predicted molar refractivity (Wildman–Crippen MR) is 124 cm³/mol. The standard InChI is InChI=1S/C26H30FN3O3/c27-22-7-3-19(4-8-22)25(31)29-13-11-24-21(18-29)2-1-12-30(24)26(32)20-5-9-23(10-6-20)28-14-16-33-17-15-28/h3-10,21,24H,1-2,11-18H2/t21-,24+/m0/s1. The van der Waals surface area contributed by atoms with E-state index in [1.165, 1.54) is 12.1 Å². The fourth-order valence-corrected chi connectivity index (χ4v) is 5.42. The summed E-state index contributed by atoms with van der Waals surface area (Å²) in [7, 11) is 0. The Morgan fingerprint density at radius 1 is 0.818 bits per heavy atom. The molecule has 0 saturated carbocycles. The third-order valence-electron chi connectivity index (χ3n) is 7.20. The van der Waals surface area contributed by atoms with Gasteiger partial charge in [-0.3, -0.25) is 9.59 Å². The summed E-state index contributed by atoms with van der Waals surface area (Å²) in [6, 6.07) is 13.8. The molecule has 2 aromatic rings. The zero-order valence-corrected chi connectivity index (χ0v) is 18.8. The molecule has 0 N–H and O–H groups in total. The minimum atomic E-state index is -0.343. The summed E-state index contributed by atoms with van der Waals surface area (Å²) in [4.78, 5) is 32.4. The number of nitrogens with zero attached hydrogens (tertiary/aromatic N) is 3. The van der Waals surface area contributed by atoms with Gasteiger partial charge in [0.1, 0.15) is 5.82 Å². The maximum Gasteiger partial charge on any atom is 0.254 e. The van der Waals surface area contributed by atoms with Crippen molar-refractivity contribution >= 4 is 17.5 Å². The van der Waals surface area contributed by atoms with Gasteiger partial charge in [-0.1, -0.05) is 0 Å². The molecule has 5 rings (SSSR count). The highest BCUT2D eigenvalue weighted by Gasteiger charge is 2.39. The minimum Gasteiger partial charge on any atom is -0.378 e. The molecule has 0 spiro atoms. The molecule has 3 heterocycles. The Hall–Kier alpha value is -2.93. The third kappa shape index (κ3) is 4.60. The minimum absolute atomic E-state index is 0.0596. The van der Waals surface area contributed by atoms with Gasteiger partial charge >= 0.3 is 0 Å². The second-order valence-electron chi connectivity index (χ2n) is 9.16. The predicted octanol–water partition coefficient (Wildman–Crippen LogP) is 3.43. The molecular weight excluding hydrogens is 421 g/mol. The average molecular weight is 452 g/mol. The van der Waals surface area contributed by atoms with E-state index in [-0.39, 0.29) is 29.6 Å². The molecule has 7 heteroatoms. The van der Waals surface area contributed by atoms with Gasteiger partial charge in [-0.15, -0.1) is 0 Å². The molecule has 3 aliphatic heterocycles. The molecule has 33 heavy (non-hydrogen) atoms. The van der Waals surface area contributed by atoms with Gasteiger partial charge in [0, 0.05) is 55.6 Å². The van der Waals surface area contributed by atoms with Gasteiger partial charge in [0.2, 0.25) is 0 Å². The van der Waals surface area contributed by atoms with Gasteiger partial charge in [0.25, 0.3) is 11.8 Å². The lowest BCUT2D eigenvalue weighted by Gasteiger charge is -2.47. The molecule has 3 fully saturated rings. The number of ether oxygens (including phenoxy) is 1. The smallest absolute Gasteiger partial charge is 0.254 e. The van der Waals surface area contributed by atoms with Gasteiger partial charge < -0.3 is 19.4 Å². The average Bonchev–Trinajstić information content (AvgIpc) is 2.88. The van der Waals surface area contributed by atoms with Crippen molar-refractivity contribution in [3.05, 3.63) is 65.5 Å². The van der Waals surface area contributed by atoms with E-state index in [2.05, 4.69) is 4.90 Å². The lowest BCUT2D eigenvalue weighted by atomic mass is 9.83. The molecule has 2 aromatic carbocycles. The van der Waals surface area contributed by atoms with Crippen LogP contribution < -0.4 is 4.90 Å². The molecule has 6 nitrogen and oxygen atoms in total. The Bertz CT molecular complexity index is 989. The van der Waals surface area contributed by atoms with E-state index in [0.717, 1.165) is 63.4 Å². The van der Waals surface area contributed by atoms with Crippen molar-refractivity contribution in [2.75, 3.05) is 50.8 Å². The maximum atomic E-state index is 13.4. The van der Waals surface area contributed by atoms with Gasteiger partial charge in [-0.05, 0) is 73.7 Å². The van der Waals surface area contributed by atoms with E-state index in [4.69, 9.17) is 4.74 Å². The van der Waals surface area contributed by atoms with Crippen LogP contribution in [0.4, 0.5) is 10.1 Å². The van der Waals surface area contributed by atoms with Crippen molar-refractivity contribution in [3.8, 4) is 0 Å². The zero-order valence-electron chi connectivity index (χ0n) is 18.8. The summed E-state index contributed by atoms with van der Waals surface area (Å²) in [6.07, 6.45) is 2.73. The van der Waals surface area contributed by atoms with Gasteiger partial charge in [0.15, 0.2) is 0 Å². The molecule has 3 aliphatic rings. The normalized spacial score (nSPS) is 23.2. The van der Waals surface area contributed by atoms with E-state index in [1.807, 2.05) is 34.1 Å². The van der Waals surface area contributed by atoms with E-state index < -0.39 is 0 Å². The Morgan fingerprint density at radius 2 is 1.48 bits per heavy atom.